The molecular weight excluding hydrogens is 420 g/mol. The third kappa shape index (κ3) is 5.77. The van der Waals surface area contributed by atoms with Gasteiger partial charge < -0.3 is 20.3 Å². The number of hydrogen-bond donors (Lipinski definition) is 2. The van der Waals surface area contributed by atoms with Crippen molar-refractivity contribution in [3.8, 4) is 0 Å². The number of benzene rings is 2. The highest BCUT2D eigenvalue weighted by Gasteiger charge is 2.35. The van der Waals surface area contributed by atoms with Crippen LogP contribution >= 0.6 is 0 Å². The molecule has 4 rings (SSSR count). The van der Waals surface area contributed by atoms with Gasteiger partial charge in [-0.3, -0.25) is 19.3 Å². The average molecular weight is 451 g/mol. The maximum absolute atomic E-state index is 12.9. The minimum atomic E-state index is -0.476. The van der Waals surface area contributed by atoms with Gasteiger partial charge in [0.25, 0.3) is 5.91 Å². The topological polar surface area (TPSA) is 91.0 Å². The van der Waals surface area contributed by atoms with Gasteiger partial charge in [-0.1, -0.05) is 29.8 Å². The Labute approximate surface area is 193 Å². The van der Waals surface area contributed by atoms with Gasteiger partial charge in [0.05, 0.1) is 30.4 Å². The zero-order valence-electron chi connectivity index (χ0n) is 18.9. The van der Waals surface area contributed by atoms with E-state index >= 15 is 0 Å². The zero-order valence-corrected chi connectivity index (χ0v) is 18.9. The highest BCUT2D eigenvalue weighted by Crippen LogP contribution is 2.27. The molecule has 0 unspecified atom stereocenters. The van der Waals surface area contributed by atoms with E-state index in [1.807, 2.05) is 31.2 Å². The van der Waals surface area contributed by atoms with E-state index in [-0.39, 0.29) is 24.1 Å². The largest absolute Gasteiger partial charge is 0.379 e. The van der Waals surface area contributed by atoms with Crippen molar-refractivity contribution in [1.82, 2.24) is 10.2 Å². The van der Waals surface area contributed by atoms with Crippen LogP contribution in [-0.4, -0.2) is 68.6 Å². The van der Waals surface area contributed by atoms with Crippen molar-refractivity contribution >= 4 is 29.1 Å². The third-order valence-electron chi connectivity index (χ3n) is 6.09. The highest BCUT2D eigenvalue weighted by molar-refractivity contribution is 6.07. The average Bonchev–Trinajstić information content (AvgIpc) is 3.22. The van der Waals surface area contributed by atoms with Crippen molar-refractivity contribution < 1.29 is 19.1 Å². The number of nitrogens with one attached hydrogen (secondary N) is 2. The molecule has 0 aromatic heterocycles. The first kappa shape index (κ1) is 22.9. The number of morpholine rings is 1. The van der Waals surface area contributed by atoms with E-state index in [0.717, 1.165) is 30.9 Å². The van der Waals surface area contributed by atoms with E-state index in [4.69, 9.17) is 4.74 Å². The molecule has 0 bridgehead atoms. The van der Waals surface area contributed by atoms with Crippen LogP contribution in [0.3, 0.4) is 0 Å². The molecule has 3 amide bonds. The molecular formula is C25H30N4O4. The summed E-state index contributed by atoms with van der Waals surface area (Å²) in [6, 6.07) is 14.6. The summed E-state index contributed by atoms with van der Waals surface area (Å²) in [7, 11) is 0. The second-order valence-corrected chi connectivity index (χ2v) is 8.49. The smallest absolute Gasteiger partial charge is 0.253 e. The van der Waals surface area contributed by atoms with Crippen LogP contribution < -0.4 is 15.5 Å². The van der Waals surface area contributed by atoms with Crippen molar-refractivity contribution in [3.05, 3.63) is 59.7 Å². The lowest BCUT2D eigenvalue weighted by molar-refractivity contribution is -0.122. The van der Waals surface area contributed by atoms with E-state index in [1.54, 1.807) is 29.2 Å². The number of hydrogen-bond acceptors (Lipinski definition) is 5. The molecule has 2 aliphatic heterocycles. The summed E-state index contributed by atoms with van der Waals surface area (Å²) < 4.78 is 5.34. The SMILES string of the molecule is Cc1ccc(N2C[C@H](C(=O)Nc3ccccc3C(=O)NCCN3CCOCC3)CC2=O)cc1. The van der Waals surface area contributed by atoms with Gasteiger partial charge in [-0.05, 0) is 31.2 Å². The Balaban J connectivity index is 1.35. The molecule has 8 heteroatoms. The second-order valence-electron chi connectivity index (χ2n) is 8.49. The predicted molar refractivity (Wildman–Crippen MR) is 126 cm³/mol. The van der Waals surface area contributed by atoms with Crippen molar-refractivity contribution in [2.24, 2.45) is 5.92 Å². The van der Waals surface area contributed by atoms with Gasteiger partial charge in [0.15, 0.2) is 0 Å². The second kappa shape index (κ2) is 10.6. The summed E-state index contributed by atoms with van der Waals surface area (Å²) in [6.45, 7) is 6.74. The van der Waals surface area contributed by atoms with Gasteiger partial charge in [-0.25, -0.2) is 0 Å². The van der Waals surface area contributed by atoms with Gasteiger partial charge in [0, 0.05) is 44.8 Å². The Bertz CT molecular complexity index is 1000. The fourth-order valence-corrected chi connectivity index (χ4v) is 4.13. The minimum Gasteiger partial charge on any atom is -0.379 e. The minimum absolute atomic E-state index is 0.0758. The first-order valence-corrected chi connectivity index (χ1v) is 11.4. The standard InChI is InChI=1S/C25H30N4O4/c1-18-6-8-20(9-7-18)29-17-19(16-23(29)30)24(31)27-22-5-3-2-4-21(22)25(32)26-10-11-28-12-14-33-15-13-28/h2-9,19H,10-17H2,1H3,(H,26,32)(H,27,31)/t19-/m1/s1. The molecule has 2 saturated heterocycles. The van der Waals surface area contributed by atoms with Crippen LogP contribution in [0.5, 0.6) is 0 Å². The lowest BCUT2D eigenvalue weighted by Gasteiger charge is -2.26. The quantitative estimate of drug-likeness (QED) is 0.674. The van der Waals surface area contributed by atoms with Crippen LogP contribution in [-0.2, 0) is 14.3 Å². The lowest BCUT2D eigenvalue weighted by Crippen LogP contribution is -2.41. The maximum Gasteiger partial charge on any atom is 0.253 e. The molecule has 2 aromatic rings. The molecule has 0 radical (unpaired) electrons. The Morgan fingerprint density at radius 2 is 1.79 bits per heavy atom. The van der Waals surface area contributed by atoms with Crippen molar-refractivity contribution in [2.45, 2.75) is 13.3 Å². The Morgan fingerprint density at radius 3 is 2.55 bits per heavy atom. The molecule has 0 saturated carbocycles. The Kier molecular flexibility index (Phi) is 7.36. The number of anilines is 2. The van der Waals surface area contributed by atoms with Gasteiger partial charge in [-0.2, -0.15) is 0 Å². The van der Waals surface area contributed by atoms with E-state index in [0.29, 0.717) is 37.6 Å². The lowest BCUT2D eigenvalue weighted by atomic mass is 10.1. The molecule has 0 aliphatic carbocycles. The fraction of sp³-hybridized carbons (Fsp3) is 0.400. The van der Waals surface area contributed by atoms with E-state index < -0.39 is 5.92 Å². The summed E-state index contributed by atoms with van der Waals surface area (Å²) in [5.41, 5.74) is 2.76. The highest BCUT2D eigenvalue weighted by atomic mass is 16.5. The van der Waals surface area contributed by atoms with Crippen molar-refractivity contribution in [2.75, 3.05) is 56.2 Å². The summed E-state index contributed by atoms with van der Waals surface area (Å²) >= 11 is 0. The molecule has 8 nitrogen and oxygen atoms in total. The summed E-state index contributed by atoms with van der Waals surface area (Å²) in [6.07, 6.45) is 0.146. The number of carbonyl (C=O) groups is 3. The molecule has 2 aliphatic rings. The molecule has 2 heterocycles. The van der Waals surface area contributed by atoms with Crippen LogP contribution in [0.2, 0.25) is 0 Å². The Hall–Kier alpha value is -3.23. The molecule has 0 spiro atoms. The number of aryl methyl sites for hydroxylation is 1. The number of rotatable bonds is 7. The van der Waals surface area contributed by atoms with Crippen LogP contribution in [0, 0.1) is 12.8 Å². The number of ether oxygens (including phenoxy) is 1. The van der Waals surface area contributed by atoms with Crippen LogP contribution in [0.1, 0.15) is 22.3 Å². The molecule has 2 fully saturated rings. The monoisotopic (exact) mass is 450 g/mol. The van der Waals surface area contributed by atoms with E-state index in [1.165, 1.54) is 0 Å². The molecule has 2 N–H and O–H groups in total. The van der Waals surface area contributed by atoms with Gasteiger partial charge in [-0.15, -0.1) is 0 Å². The zero-order chi connectivity index (χ0) is 23.2. The first-order valence-electron chi connectivity index (χ1n) is 11.4. The summed E-state index contributed by atoms with van der Waals surface area (Å²) in [4.78, 5) is 42.1. The van der Waals surface area contributed by atoms with Crippen molar-refractivity contribution in [1.29, 1.82) is 0 Å². The molecule has 1 atom stereocenters. The van der Waals surface area contributed by atoms with Crippen molar-refractivity contribution in [3.63, 3.8) is 0 Å². The molecule has 2 aromatic carbocycles. The Morgan fingerprint density at radius 1 is 1.06 bits per heavy atom. The molecule has 33 heavy (non-hydrogen) atoms. The summed E-state index contributed by atoms with van der Waals surface area (Å²) in [5.74, 6) is -1.04. The molecule has 174 valence electrons. The van der Waals surface area contributed by atoms with Gasteiger partial charge in [0.2, 0.25) is 11.8 Å². The third-order valence-corrected chi connectivity index (χ3v) is 6.09. The first-order chi connectivity index (χ1) is 16.0. The van der Waals surface area contributed by atoms with Crippen LogP contribution in [0.15, 0.2) is 48.5 Å². The van der Waals surface area contributed by atoms with Crippen LogP contribution in [0.4, 0.5) is 11.4 Å². The predicted octanol–water partition coefficient (Wildman–Crippen LogP) is 2.05. The van der Waals surface area contributed by atoms with Gasteiger partial charge >= 0.3 is 0 Å². The fourth-order valence-electron chi connectivity index (χ4n) is 4.13. The number of amides is 3. The number of para-hydroxylation sites is 1. The summed E-state index contributed by atoms with van der Waals surface area (Å²) in [5, 5.41) is 5.80. The normalized spacial score (nSPS) is 18.9. The van der Waals surface area contributed by atoms with E-state index in [2.05, 4.69) is 15.5 Å². The maximum atomic E-state index is 12.9. The number of carbonyl (C=O) groups excluding carboxylic acids is 3. The van der Waals surface area contributed by atoms with Gasteiger partial charge in [0.1, 0.15) is 0 Å². The number of nitrogens with zero attached hydrogens (tertiary/aromatic N) is 2. The van der Waals surface area contributed by atoms with Crippen LogP contribution in [0.25, 0.3) is 0 Å². The van der Waals surface area contributed by atoms with E-state index in [9.17, 15) is 14.4 Å².